The second-order valence-corrected chi connectivity index (χ2v) is 19.3. The summed E-state index contributed by atoms with van der Waals surface area (Å²) in [5.41, 5.74) is 1.26. The molecule has 2 aliphatic heterocycles. The molecule has 0 radical (unpaired) electrons. The lowest BCUT2D eigenvalue weighted by atomic mass is 9.69. The Morgan fingerprint density at radius 2 is 1.69 bits per heavy atom. The number of aliphatic hydroxyl groups excluding tert-OH is 2. The first kappa shape index (κ1) is 45.4. The Bertz CT molecular complexity index is 2240. The smallest absolute Gasteiger partial charge is 0.321 e. The molecule has 58 heavy (non-hydrogen) atoms. The fourth-order valence-electron chi connectivity index (χ4n) is 7.70. The molecule has 0 aliphatic carbocycles. The first-order valence-electron chi connectivity index (χ1n) is 18.6. The molecule has 20 heteroatoms. The Morgan fingerprint density at radius 3 is 2.31 bits per heavy atom. The number of nitrogens with one attached hydrogen (secondary N) is 2. The lowest BCUT2D eigenvalue weighted by molar-refractivity contribution is -0.230. The number of aliphatic hydroxyl groups is 2. The van der Waals surface area contributed by atoms with Crippen LogP contribution in [0.2, 0.25) is 0 Å². The van der Waals surface area contributed by atoms with E-state index in [1.54, 1.807) is 66.7 Å². The summed E-state index contributed by atoms with van der Waals surface area (Å²) in [5.74, 6) is -2.53. The third-order valence-electron chi connectivity index (χ3n) is 10.7. The second kappa shape index (κ2) is 18.3. The van der Waals surface area contributed by atoms with Crippen molar-refractivity contribution in [2.75, 3.05) is 35.8 Å². The van der Waals surface area contributed by atoms with Gasteiger partial charge in [-0.1, -0.05) is 69.2 Å². The molecular formula is C38H49N3O14S3-2. The predicted molar refractivity (Wildman–Crippen MR) is 210 cm³/mol. The zero-order chi connectivity index (χ0) is 42.6. The molecule has 2 heterocycles. The highest BCUT2D eigenvalue weighted by Crippen LogP contribution is 2.49. The summed E-state index contributed by atoms with van der Waals surface area (Å²) in [7, 11) is -11.0. The molecule has 4 N–H and O–H groups in total. The monoisotopic (exact) mass is 867 g/mol. The summed E-state index contributed by atoms with van der Waals surface area (Å²) in [5, 5.41) is 28.6. The molecule has 2 aliphatic rings. The molecule has 0 bridgehead atoms. The molecular weight excluding hydrogens is 819 g/mol. The Kier molecular flexibility index (Phi) is 14.3. The van der Waals surface area contributed by atoms with Crippen molar-refractivity contribution in [3.63, 3.8) is 0 Å². The number of carbonyl (C=O) groups is 1. The lowest BCUT2D eigenvalue weighted by Crippen LogP contribution is -2.65. The molecule has 2 amide bonds. The Hall–Kier alpha value is -3.70. The first-order chi connectivity index (χ1) is 27.2. The largest absolute Gasteiger partial charge is 0.748 e. The molecule has 1 saturated heterocycles. The number of rotatable bonds is 15. The molecule has 0 aromatic heterocycles. The van der Waals surface area contributed by atoms with Crippen LogP contribution in [0.25, 0.3) is 0 Å². The van der Waals surface area contributed by atoms with Crippen LogP contribution in [0.1, 0.15) is 62.1 Å². The Balaban J connectivity index is 1.47. The van der Waals surface area contributed by atoms with Crippen LogP contribution in [-0.4, -0.2) is 113 Å². The van der Waals surface area contributed by atoms with Crippen molar-refractivity contribution < 1.29 is 63.0 Å². The van der Waals surface area contributed by atoms with Gasteiger partial charge in [0.1, 0.15) is 24.4 Å². The molecule has 8 atom stereocenters. The first-order valence-corrected chi connectivity index (χ1v) is 23.2. The van der Waals surface area contributed by atoms with Gasteiger partial charge in [0.05, 0.1) is 39.2 Å². The van der Waals surface area contributed by atoms with Crippen molar-refractivity contribution in [2.45, 2.75) is 93.7 Å². The number of fused-ring (bicyclic) bond motifs is 1. The summed E-state index contributed by atoms with van der Waals surface area (Å²) >= 11 is 0. The minimum atomic E-state index is -5.57. The summed E-state index contributed by atoms with van der Waals surface area (Å²) in [4.78, 5) is 15.5. The molecule has 17 nitrogen and oxygen atoms in total. The van der Waals surface area contributed by atoms with E-state index in [0.717, 1.165) is 6.42 Å². The zero-order valence-electron chi connectivity index (χ0n) is 32.4. The van der Waals surface area contributed by atoms with Gasteiger partial charge in [-0.05, 0) is 59.9 Å². The number of urea groups is 1. The van der Waals surface area contributed by atoms with Crippen molar-refractivity contribution in [2.24, 2.45) is 5.41 Å². The predicted octanol–water partition coefficient (Wildman–Crippen LogP) is 2.80. The van der Waals surface area contributed by atoms with Gasteiger partial charge >= 0.3 is 6.03 Å². The highest BCUT2D eigenvalue weighted by Gasteiger charge is 2.50. The van der Waals surface area contributed by atoms with Crippen LogP contribution in [0.5, 0.6) is 0 Å². The van der Waals surface area contributed by atoms with E-state index in [9.17, 15) is 49.4 Å². The minimum absolute atomic E-state index is 0.0965. The fourth-order valence-corrected chi connectivity index (χ4v) is 11.1. The molecule has 3 aromatic rings. The van der Waals surface area contributed by atoms with E-state index >= 15 is 0 Å². The van der Waals surface area contributed by atoms with Crippen molar-refractivity contribution >= 4 is 47.8 Å². The number of sulfone groups is 1. The van der Waals surface area contributed by atoms with Crippen molar-refractivity contribution in [3.05, 3.63) is 89.5 Å². The summed E-state index contributed by atoms with van der Waals surface area (Å²) in [6.45, 7) is 3.55. The van der Waals surface area contributed by atoms with Crippen molar-refractivity contribution in [1.82, 2.24) is 5.32 Å². The number of nitrogens with zero attached hydrogens (tertiary/aromatic N) is 1. The van der Waals surface area contributed by atoms with Crippen LogP contribution in [0.4, 0.5) is 16.2 Å². The van der Waals surface area contributed by atoms with Gasteiger partial charge < -0.3 is 44.3 Å². The lowest BCUT2D eigenvalue weighted by Gasteiger charge is -2.44. The van der Waals surface area contributed by atoms with Gasteiger partial charge in [0.25, 0.3) is 0 Å². The summed E-state index contributed by atoms with van der Waals surface area (Å²) in [6, 6.07) is 18.7. The topological polar surface area (TPSA) is 261 Å². The van der Waals surface area contributed by atoms with E-state index in [-0.39, 0.29) is 22.9 Å². The van der Waals surface area contributed by atoms with Crippen LogP contribution in [0.3, 0.4) is 0 Å². The number of carbonyl (C=O) groups excluding carboxylic acids is 1. The third kappa shape index (κ3) is 10.9. The van der Waals surface area contributed by atoms with Crippen molar-refractivity contribution in [3.8, 4) is 0 Å². The van der Waals surface area contributed by atoms with Crippen LogP contribution in [0.15, 0.2) is 77.7 Å². The summed E-state index contributed by atoms with van der Waals surface area (Å²) < 4.78 is 115. The van der Waals surface area contributed by atoms with Gasteiger partial charge in [-0.25, -0.2) is 30.0 Å². The standard InChI is InChI=1S/C38H51N3O14S3/c1-5-7-18-38(6-2)23-56(45,46)30-17-16-27(41(3)4)20-28(30)31(35(38)43)25-14-11-15-26(19-25)39-37(44)40-36-32(42)34(53-21-24-12-9-8-10-13-24)33(55-58(50,51)52)29(54-36)22-57(47,48)49/h8-17,19-20,29,31-36,42-43H,5-7,18,21-23H2,1-4H3,(H2,39,40,44)(H,47,48,49)(H,50,51,52)/p-2/t29-,31+,32-,33-,34-,35+,36-,38-/m1/s1. The second-order valence-electron chi connectivity index (χ2n) is 14.9. The number of amides is 2. The fraction of sp³-hybridized carbons (Fsp3) is 0.500. The van der Waals surface area contributed by atoms with Crippen LogP contribution in [0, 0.1) is 5.41 Å². The molecule has 0 saturated carbocycles. The van der Waals surface area contributed by atoms with Gasteiger partial charge in [0, 0.05) is 36.8 Å². The molecule has 5 rings (SSSR count). The molecule has 0 unspecified atom stereocenters. The zero-order valence-corrected chi connectivity index (χ0v) is 34.8. The summed E-state index contributed by atoms with van der Waals surface area (Å²) in [6.07, 6.45) is -8.62. The maximum absolute atomic E-state index is 14.1. The number of unbranched alkanes of at least 4 members (excludes halogenated alkanes) is 1. The quantitative estimate of drug-likeness (QED) is 0.126. The minimum Gasteiger partial charge on any atom is -0.748 e. The Morgan fingerprint density at radius 1 is 0.983 bits per heavy atom. The van der Waals surface area contributed by atoms with E-state index in [1.807, 2.05) is 32.8 Å². The van der Waals surface area contributed by atoms with Gasteiger partial charge in [0.2, 0.25) is 10.4 Å². The van der Waals surface area contributed by atoms with Gasteiger partial charge in [-0.3, -0.25) is 4.18 Å². The average Bonchev–Trinajstić information content (AvgIpc) is 3.21. The molecule has 320 valence electrons. The SMILES string of the molecule is CCCC[C@]1(CC)CS(=O)(=O)c2ccc(N(C)C)cc2[C@H](c2cccc(NC(=O)N[C@@H]3O[C@H](CS(=O)(=O)[O-])[C@@H](OS(=O)(=O)[O-])[C@H](OCc4ccccc4)[C@H]3O)c2)[C@@H]1O. The van der Waals surface area contributed by atoms with E-state index in [4.69, 9.17) is 9.47 Å². The van der Waals surface area contributed by atoms with Gasteiger partial charge in [-0.15, -0.1) is 0 Å². The van der Waals surface area contributed by atoms with Crippen molar-refractivity contribution in [1.29, 1.82) is 0 Å². The number of benzene rings is 3. The van der Waals surface area contributed by atoms with E-state index in [0.29, 0.717) is 41.6 Å². The Labute approximate surface area is 339 Å². The van der Waals surface area contributed by atoms with Gasteiger partial charge in [-0.2, -0.15) is 0 Å². The molecule has 0 spiro atoms. The number of hydrogen-bond donors (Lipinski definition) is 4. The van der Waals surface area contributed by atoms with E-state index < -0.39 is 90.2 Å². The number of ether oxygens (including phenoxy) is 2. The highest BCUT2D eigenvalue weighted by atomic mass is 32.3. The van der Waals surface area contributed by atoms with E-state index in [2.05, 4.69) is 14.8 Å². The highest BCUT2D eigenvalue weighted by molar-refractivity contribution is 7.91. The maximum atomic E-state index is 14.1. The third-order valence-corrected chi connectivity index (χ3v) is 13.8. The normalized spacial score (nSPS) is 27.2. The van der Waals surface area contributed by atoms with Crippen LogP contribution >= 0.6 is 0 Å². The number of anilines is 2. The molecule has 3 aromatic carbocycles. The van der Waals surface area contributed by atoms with Crippen LogP contribution < -0.4 is 15.5 Å². The van der Waals surface area contributed by atoms with Gasteiger partial charge in [0.15, 0.2) is 16.1 Å². The average molecular weight is 868 g/mol. The molecule has 1 fully saturated rings. The maximum Gasteiger partial charge on any atom is 0.321 e. The number of hydrogen-bond acceptors (Lipinski definition) is 15. The van der Waals surface area contributed by atoms with Crippen LogP contribution in [-0.2, 0) is 50.6 Å². The van der Waals surface area contributed by atoms with E-state index in [1.165, 1.54) is 6.07 Å².